The van der Waals surface area contributed by atoms with Crippen molar-refractivity contribution in [3.8, 4) is 0 Å². The van der Waals surface area contributed by atoms with E-state index < -0.39 is 0 Å². The minimum atomic E-state index is -0.138. The minimum Gasteiger partial charge on any atom is -0.339 e. The van der Waals surface area contributed by atoms with Crippen LogP contribution < -0.4 is 5.32 Å². The number of nitrogens with zero attached hydrogens (tertiary/aromatic N) is 2. The third-order valence-corrected chi connectivity index (χ3v) is 4.76. The Kier molecular flexibility index (Phi) is 4.06. The number of hydrogen-bond donors (Lipinski definition) is 1. The van der Waals surface area contributed by atoms with Crippen molar-refractivity contribution >= 4 is 0 Å². The van der Waals surface area contributed by atoms with Crippen molar-refractivity contribution in [2.45, 2.75) is 38.5 Å². The zero-order valence-corrected chi connectivity index (χ0v) is 12.8. The van der Waals surface area contributed by atoms with Crippen LogP contribution in [0.15, 0.2) is 34.9 Å². The van der Waals surface area contributed by atoms with Crippen LogP contribution in [-0.2, 0) is 11.8 Å². The van der Waals surface area contributed by atoms with Gasteiger partial charge in [-0.05, 0) is 37.4 Å². The Morgan fingerprint density at radius 3 is 2.48 bits per heavy atom. The summed E-state index contributed by atoms with van der Waals surface area (Å²) >= 11 is 0. The third-order valence-electron chi connectivity index (χ3n) is 4.76. The van der Waals surface area contributed by atoms with Gasteiger partial charge in [-0.2, -0.15) is 4.98 Å². The summed E-state index contributed by atoms with van der Waals surface area (Å²) in [5, 5.41) is 7.59. The maximum Gasteiger partial charge on any atom is 0.227 e. The zero-order chi connectivity index (χ0) is 14.7. The van der Waals surface area contributed by atoms with Gasteiger partial charge in [0.2, 0.25) is 5.89 Å². The molecule has 1 fully saturated rings. The van der Waals surface area contributed by atoms with Crippen LogP contribution >= 0.6 is 0 Å². The summed E-state index contributed by atoms with van der Waals surface area (Å²) in [7, 11) is 0. The SMILES string of the molecule is CCC(CC)(c1ccccc1)c1noc(CC2CNC2)n1. The molecule has 2 heterocycles. The van der Waals surface area contributed by atoms with Crippen LogP contribution in [0.1, 0.15) is 44.0 Å². The lowest BCUT2D eigenvalue weighted by Gasteiger charge is -2.28. The molecule has 0 amide bonds. The van der Waals surface area contributed by atoms with Gasteiger partial charge >= 0.3 is 0 Å². The van der Waals surface area contributed by atoms with Crippen molar-refractivity contribution in [1.29, 1.82) is 0 Å². The first-order chi connectivity index (χ1) is 10.3. The van der Waals surface area contributed by atoms with Gasteiger partial charge in [-0.3, -0.25) is 0 Å². The fourth-order valence-electron chi connectivity index (χ4n) is 3.13. The first-order valence-corrected chi connectivity index (χ1v) is 7.87. The molecule has 4 nitrogen and oxygen atoms in total. The van der Waals surface area contributed by atoms with E-state index in [4.69, 9.17) is 9.51 Å². The maximum atomic E-state index is 5.51. The van der Waals surface area contributed by atoms with Gasteiger partial charge in [-0.1, -0.05) is 49.3 Å². The second-order valence-electron chi connectivity index (χ2n) is 5.90. The van der Waals surface area contributed by atoms with E-state index in [1.54, 1.807) is 0 Å². The molecule has 4 heteroatoms. The van der Waals surface area contributed by atoms with E-state index in [0.29, 0.717) is 5.92 Å². The lowest BCUT2D eigenvalue weighted by Crippen LogP contribution is -2.43. The molecular weight excluding hydrogens is 262 g/mol. The molecule has 0 unspecified atom stereocenters. The molecule has 1 aliphatic rings. The lowest BCUT2D eigenvalue weighted by atomic mass is 9.75. The summed E-state index contributed by atoms with van der Waals surface area (Å²) in [6, 6.07) is 10.5. The van der Waals surface area contributed by atoms with Gasteiger partial charge in [-0.15, -0.1) is 0 Å². The summed E-state index contributed by atoms with van der Waals surface area (Å²) in [5.41, 5.74) is 1.13. The van der Waals surface area contributed by atoms with E-state index in [1.807, 2.05) is 6.07 Å². The molecule has 2 aromatic rings. The van der Waals surface area contributed by atoms with Crippen molar-refractivity contribution in [1.82, 2.24) is 15.5 Å². The van der Waals surface area contributed by atoms with Crippen molar-refractivity contribution in [3.05, 3.63) is 47.6 Å². The number of benzene rings is 1. The number of aromatic nitrogens is 2. The van der Waals surface area contributed by atoms with E-state index in [2.05, 4.69) is 48.6 Å². The van der Waals surface area contributed by atoms with Crippen molar-refractivity contribution < 1.29 is 4.52 Å². The van der Waals surface area contributed by atoms with Gasteiger partial charge in [-0.25, -0.2) is 0 Å². The summed E-state index contributed by atoms with van der Waals surface area (Å²) in [6.45, 7) is 6.51. The molecule has 0 radical (unpaired) electrons. The summed E-state index contributed by atoms with van der Waals surface area (Å²) in [4.78, 5) is 4.72. The normalized spacial score (nSPS) is 15.9. The highest BCUT2D eigenvalue weighted by molar-refractivity contribution is 5.32. The van der Waals surface area contributed by atoms with Crippen LogP contribution in [0.3, 0.4) is 0 Å². The smallest absolute Gasteiger partial charge is 0.227 e. The lowest BCUT2D eigenvalue weighted by molar-refractivity contribution is 0.292. The molecule has 3 rings (SSSR count). The largest absolute Gasteiger partial charge is 0.339 e. The molecule has 0 aliphatic carbocycles. The predicted molar refractivity (Wildman–Crippen MR) is 82.2 cm³/mol. The van der Waals surface area contributed by atoms with Gasteiger partial charge in [0, 0.05) is 6.42 Å². The number of nitrogens with one attached hydrogen (secondary N) is 1. The molecule has 0 atom stereocenters. The number of hydrogen-bond acceptors (Lipinski definition) is 4. The van der Waals surface area contributed by atoms with Gasteiger partial charge in [0.05, 0.1) is 5.41 Å². The monoisotopic (exact) mass is 285 g/mol. The Balaban J connectivity index is 1.90. The standard InChI is InChI=1S/C17H23N3O/c1-3-17(4-2,14-8-6-5-7-9-14)16-19-15(21-20-16)10-13-11-18-12-13/h5-9,13,18H,3-4,10-12H2,1-2H3. The predicted octanol–water partition coefficient (Wildman–Crippen LogP) is 2.94. The summed E-state index contributed by atoms with van der Waals surface area (Å²) < 4.78 is 5.51. The first-order valence-electron chi connectivity index (χ1n) is 7.87. The van der Waals surface area contributed by atoms with Gasteiger partial charge in [0.25, 0.3) is 0 Å². The zero-order valence-electron chi connectivity index (χ0n) is 12.8. The van der Waals surface area contributed by atoms with E-state index in [1.165, 1.54) is 5.56 Å². The van der Waals surface area contributed by atoms with E-state index in [-0.39, 0.29) is 5.41 Å². The molecule has 112 valence electrons. The summed E-state index contributed by atoms with van der Waals surface area (Å²) in [6.07, 6.45) is 2.83. The van der Waals surface area contributed by atoms with Crippen molar-refractivity contribution in [2.24, 2.45) is 5.92 Å². The second kappa shape index (κ2) is 5.98. The Bertz CT molecular complexity index is 571. The van der Waals surface area contributed by atoms with E-state index >= 15 is 0 Å². The quantitative estimate of drug-likeness (QED) is 0.886. The molecular formula is C17H23N3O. The van der Waals surface area contributed by atoms with Crippen LogP contribution in [-0.4, -0.2) is 23.2 Å². The molecule has 21 heavy (non-hydrogen) atoms. The summed E-state index contributed by atoms with van der Waals surface area (Å²) in [5.74, 6) is 2.26. The number of rotatable bonds is 6. The van der Waals surface area contributed by atoms with E-state index in [9.17, 15) is 0 Å². The third kappa shape index (κ3) is 2.60. The Morgan fingerprint density at radius 1 is 1.19 bits per heavy atom. The molecule has 1 aliphatic heterocycles. The highest BCUT2D eigenvalue weighted by Crippen LogP contribution is 2.37. The topological polar surface area (TPSA) is 51.0 Å². The molecule has 0 bridgehead atoms. The molecule has 1 saturated heterocycles. The van der Waals surface area contributed by atoms with Gasteiger partial charge in [0.15, 0.2) is 5.82 Å². The van der Waals surface area contributed by atoms with Gasteiger partial charge in [0.1, 0.15) is 0 Å². The Labute approximate surface area is 126 Å². The average molecular weight is 285 g/mol. The van der Waals surface area contributed by atoms with Crippen LogP contribution in [0.4, 0.5) is 0 Å². The molecule has 1 N–H and O–H groups in total. The highest BCUT2D eigenvalue weighted by atomic mass is 16.5. The van der Waals surface area contributed by atoms with E-state index in [0.717, 1.165) is 44.1 Å². The van der Waals surface area contributed by atoms with Crippen LogP contribution in [0.2, 0.25) is 0 Å². The van der Waals surface area contributed by atoms with Crippen molar-refractivity contribution in [2.75, 3.05) is 13.1 Å². The molecule has 1 aromatic carbocycles. The fourth-order valence-corrected chi connectivity index (χ4v) is 3.13. The minimum absolute atomic E-state index is 0.138. The molecule has 0 saturated carbocycles. The van der Waals surface area contributed by atoms with Crippen molar-refractivity contribution in [3.63, 3.8) is 0 Å². The average Bonchev–Trinajstić information content (AvgIpc) is 2.95. The maximum absolute atomic E-state index is 5.51. The van der Waals surface area contributed by atoms with Crippen LogP contribution in [0.25, 0.3) is 0 Å². The molecule has 0 spiro atoms. The Hall–Kier alpha value is -1.68. The second-order valence-corrected chi connectivity index (χ2v) is 5.90. The highest BCUT2D eigenvalue weighted by Gasteiger charge is 2.35. The molecule has 1 aromatic heterocycles. The fraction of sp³-hybridized carbons (Fsp3) is 0.529. The van der Waals surface area contributed by atoms with Gasteiger partial charge < -0.3 is 9.84 Å². The Morgan fingerprint density at radius 2 is 1.90 bits per heavy atom. The van der Waals surface area contributed by atoms with Crippen LogP contribution in [0, 0.1) is 5.92 Å². The first kappa shape index (κ1) is 14.3. The van der Waals surface area contributed by atoms with Crippen LogP contribution in [0.5, 0.6) is 0 Å².